The largest absolute Gasteiger partial charge is 0.481 e. The molecule has 5 nitrogen and oxygen atoms in total. The number of nitrogens with zero attached hydrogens (tertiary/aromatic N) is 1. The van der Waals surface area contributed by atoms with Crippen LogP contribution in [0.5, 0.6) is 0 Å². The molecule has 5 heteroatoms. The number of nitrogens with one attached hydrogen (secondary N) is 1. The van der Waals surface area contributed by atoms with Crippen molar-refractivity contribution in [3.8, 4) is 0 Å². The molecule has 1 amide bonds. The smallest absolute Gasteiger partial charge is 0.305 e. The summed E-state index contributed by atoms with van der Waals surface area (Å²) in [5.74, 6) is -0.838. The maximum absolute atomic E-state index is 12.8. The zero-order chi connectivity index (χ0) is 14.8. The molecule has 2 saturated heterocycles. The Morgan fingerprint density at radius 1 is 1.24 bits per heavy atom. The van der Waals surface area contributed by atoms with Crippen molar-refractivity contribution >= 4 is 17.6 Å². The van der Waals surface area contributed by atoms with Gasteiger partial charge in [-0.1, -0.05) is 18.2 Å². The van der Waals surface area contributed by atoms with Crippen molar-refractivity contribution < 1.29 is 14.7 Å². The van der Waals surface area contributed by atoms with Crippen molar-refractivity contribution in [3.05, 3.63) is 30.3 Å². The topological polar surface area (TPSA) is 69.6 Å². The first kappa shape index (κ1) is 14.1. The number of carbonyl (C=O) groups is 2. The summed E-state index contributed by atoms with van der Waals surface area (Å²) in [7, 11) is 0. The van der Waals surface area contributed by atoms with E-state index in [2.05, 4.69) is 5.32 Å². The van der Waals surface area contributed by atoms with E-state index >= 15 is 0 Å². The highest BCUT2D eigenvalue weighted by atomic mass is 16.4. The predicted molar refractivity (Wildman–Crippen MR) is 79.1 cm³/mol. The zero-order valence-electron chi connectivity index (χ0n) is 11.9. The van der Waals surface area contributed by atoms with E-state index in [0.29, 0.717) is 6.04 Å². The third kappa shape index (κ3) is 2.93. The van der Waals surface area contributed by atoms with E-state index in [1.54, 1.807) is 4.90 Å². The lowest BCUT2D eigenvalue weighted by Gasteiger charge is -2.28. The Labute approximate surface area is 123 Å². The molecule has 0 aromatic heterocycles. The van der Waals surface area contributed by atoms with Crippen LogP contribution in [0.4, 0.5) is 5.69 Å². The Morgan fingerprint density at radius 2 is 2.00 bits per heavy atom. The second-order valence-corrected chi connectivity index (χ2v) is 5.86. The van der Waals surface area contributed by atoms with Crippen LogP contribution in [0, 0.1) is 5.92 Å². The van der Waals surface area contributed by atoms with Crippen molar-refractivity contribution in [1.29, 1.82) is 0 Å². The molecular weight excluding hydrogens is 268 g/mol. The van der Waals surface area contributed by atoms with Crippen LogP contribution in [0.1, 0.15) is 25.7 Å². The molecule has 2 aliphatic rings. The summed E-state index contributed by atoms with van der Waals surface area (Å²) in [5, 5.41) is 12.4. The summed E-state index contributed by atoms with van der Waals surface area (Å²) in [6.07, 6.45) is 3.03. The monoisotopic (exact) mass is 288 g/mol. The molecule has 2 N–H and O–H groups in total. The lowest BCUT2D eigenvalue weighted by Crippen LogP contribution is -2.42. The summed E-state index contributed by atoms with van der Waals surface area (Å²) in [6.45, 7) is 0.228. The number of para-hydroxylation sites is 1. The van der Waals surface area contributed by atoms with Crippen LogP contribution in [0.2, 0.25) is 0 Å². The van der Waals surface area contributed by atoms with Gasteiger partial charge >= 0.3 is 5.97 Å². The minimum absolute atomic E-state index is 0.0160. The van der Waals surface area contributed by atoms with Crippen LogP contribution in [0.15, 0.2) is 30.3 Å². The van der Waals surface area contributed by atoms with Crippen LogP contribution in [-0.2, 0) is 9.59 Å². The van der Waals surface area contributed by atoms with Gasteiger partial charge in [0.05, 0.1) is 12.3 Å². The molecule has 0 spiro atoms. The number of hydrogen-bond acceptors (Lipinski definition) is 3. The summed E-state index contributed by atoms with van der Waals surface area (Å²) < 4.78 is 0. The van der Waals surface area contributed by atoms with E-state index in [0.717, 1.165) is 24.9 Å². The maximum atomic E-state index is 12.8. The van der Waals surface area contributed by atoms with Crippen LogP contribution in [-0.4, -0.2) is 35.6 Å². The van der Waals surface area contributed by atoms with Crippen molar-refractivity contribution in [3.63, 3.8) is 0 Å². The van der Waals surface area contributed by atoms with Crippen molar-refractivity contribution in [2.45, 2.75) is 37.8 Å². The minimum atomic E-state index is -0.880. The first-order valence-electron chi connectivity index (χ1n) is 7.49. The number of fused-ring (bicyclic) bond motifs is 2. The maximum Gasteiger partial charge on any atom is 0.305 e. The van der Waals surface area contributed by atoms with Crippen LogP contribution < -0.4 is 10.2 Å². The Balaban J connectivity index is 1.77. The van der Waals surface area contributed by atoms with E-state index in [1.165, 1.54) is 0 Å². The van der Waals surface area contributed by atoms with Crippen LogP contribution in [0.3, 0.4) is 0 Å². The highest BCUT2D eigenvalue weighted by Crippen LogP contribution is 2.35. The van der Waals surface area contributed by atoms with E-state index in [1.807, 2.05) is 30.3 Å². The summed E-state index contributed by atoms with van der Waals surface area (Å²) in [4.78, 5) is 25.3. The first-order chi connectivity index (χ1) is 10.1. The van der Waals surface area contributed by atoms with Gasteiger partial charge in [0.1, 0.15) is 0 Å². The molecule has 0 saturated carbocycles. The number of carboxylic acid groups (broad SMARTS) is 1. The average molecular weight is 288 g/mol. The van der Waals surface area contributed by atoms with Crippen LogP contribution >= 0.6 is 0 Å². The number of rotatable bonds is 5. The second-order valence-electron chi connectivity index (χ2n) is 5.86. The lowest BCUT2D eigenvalue weighted by molar-refractivity contribution is -0.136. The molecule has 2 bridgehead atoms. The molecular formula is C16H20N2O3. The minimum Gasteiger partial charge on any atom is -0.481 e. The molecule has 2 fully saturated rings. The number of amides is 1. The molecule has 3 rings (SSSR count). The van der Waals surface area contributed by atoms with E-state index in [-0.39, 0.29) is 30.8 Å². The normalized spacial score (nSPS) is 26.8. The Morgan fingerprint density at radius 3 is 2.57 bits per heavy atom. The number of hydrogen-bond donors (Lipinski definition) is 2. The Kier molecular flexibility index (Phi) is 3.92. The van der Waals surface area contributed by atoms with E-state index in [9.17, 15) is 9.59 Å². The van der Waals surface area contributed by atoms with Gasteiger partial charge in [0.15, 0.2) is 0 Å². The molecule has 0 radical (unpaired) electrons. The van der Waals surface area contributed by atoms with Crippen molar-refractivity contribution in [2.75, 3.05) is 11.4 Å². The van der Waals surface area contributed by atoms with Gasteiger partial charge < -0.3 is 15.3 Å². The van der Waals surface area contributed by atoms with E-state index < -0.39 is 5.97 Å². The quantitative estimate of drug-likeness (QED) is 0.864. The predicted octanol–water partition coefficient (Wildman–Crippen LogP) is 1.63. The van der Waals surface area contributed by atoms with Gasteiger partial charge in [-0.15, -0.1) is 0 Å². The molecule has 2 aliphatic heterocycles. The number of carboxylic acids is 1. The SMILES string of the molecule is O=C(O)CCN(C(=O)C1CC2CCC1N2)c1ccccc1. The summed E-state index contributed by atoms with van der Waals surface area (Å²) in [5.41, 5.74) is 0.784. The van der Waals surface area contributed by atoms with Gasteiger partial charge in [0, 0.05) is 24.3 Å². The lowest BCUT2D eigenvalue weighted by atomic mass is 9.88. The molecule has 1 aromatic carbocycles. The van der Waals surface area contributed by atoms with Crippen molar-refractivity contribution in [2.24, 2.45) is 5.92 Å². The molecule has 0 aliphatic carbocycles. The average Bonchev–Trinajstić information content (AvgIpc) is 3.11. The molecule has 112 valence electrons. The number of carbonyl (C=O) groups excluding carboxylic acids is 1. The zero-order valence-corrected chi connectivity index (χ0v) is 11.9. The van der Waals surface area contributed by atoms with Gasteiger partial charge in [-0.25, -0.2) is 0 Å². The third-order valence-electron chi connectivity index (χ3n) is 4.50. The Hall–Kier alpha value is -1.88. The standard InChI is InChI=1S/C16H20N2O3/c19-15(20)8-9-18(12-4-2-1-3-5-12)16(21)13-10-11-6-7-14(13)17-11/h1-5,11,13-14,17H,6-10H2,(H,19,20). The van der Waals surface area contributed by atoms with Gasteiger partial charge in [0.25, 0.3) is 0 Å². The number of benzene rings is 1. The third-order valence-corrected chi connectivity index (χ3v) is 4.50. The first-order valence-corrected chi connectivity index (χ1v) is 7.49. The van der Waals surface area contributed by atoms with Gasteiger partial charge in [0.2, 0.25) is 5.91 Å². The van der Waals surface area contributed by atoms with Gasteiger partial charge in [-0.3, -0.25) is 9.59 Å². The molecule has 1 aromatic rings. The molecule has 3 atom stereocenters. The fraction of sp³-hybridized carbons (Fsp3) is 0.500. The van der Waals surface area contributed by atoms with Gasteiger partial charge in [-0.05, 0) is 31.4 Å². The molecule has 3 unspecified atom stereocenters. The molecule has 2 heterocycles. The number of anilines is 1. The Bertz CT molecular complexity index is 532. The fourth-order valence-electron chi connectivity index (χ4n) is 3.48. The fourth-order valence-corrected chi connectivity index (χ4v) is 3.48. The summed E-state index contributed by atoms with van der Waals surface area (Å²) >= 11 is 0. The highest BCUT2D eigenvalue weighted by molar-refractivity contribution is 5.96. The van der Waals surface area contributed by atoms with E-state index in [4.69, 9.17) is 5.11 Å². The highest BCUT2D eigenvalue weighted by Gasteiger charge is 2.44. The summed E-state index contributed by atoms with van der Waals surface area (Å²) in [6, 6.07) is 10.1. The van der Waals surface area contributed by atoms with Crippen molar-refractivity contribution in [1.82, 2.24) is 5.32 Å². The van der Waals surface area contributed by atoms with Crippen LogP contribution in [0.25, 0.3) is 0 Å². The number of aliphatic carboxylic acids is 1. The second kappa shape index (κ2) is 5.85. The van der Waals surface area contributed by atoms with Gasteiger partial charge in [-0.2, -0.15) is 0 Å². The molecule has 21 heavy (non-hydrogen) atoms.